The van der Waals surface area contributed by atoms with Crippen LogP contribution in [0.4, 0.5) is 5.69 Å². The summed E-state index contributed by atoms with van der Waals surface area (Å²) in [4.78, 5) is 0. The molecule has 0 atom stereocenters. The number of aryl methyl sites for hydroxylation is 1. The topological polar surface area (TPSA) is 67.2 Å². The lowest BCUT2D eigenvalue weighted by atomic mass is 10.1. The van der Waals surface area contributed by atoms with Gasteiger partial charge in [0.15, 0.2) is 0 Å². The second-order valence-electron chi connectivity index (χ2n) is 6.11. The molecule has 0 bridgehead atoms. The molecule has 0 unspecified atom stereocenters. The van der Waals surface area contributed by atoms with E-state index in [1.807, 2.05) is 65.7 Å². The van der Waals surface area contributed by atoms with E-state index >= 15 is 0 Å². The van der Waals surface area contributed by atoms with E-state index in [2.05, 4.69) is 22.4 Å². The van der Waals surface area contributed by atoms with Gasteiger partial charge in [0.1, 0.15) is 0 Å². The molecule has 0 saturated heterocycles. The van der Waals surface area contributed by atoms with Gasteiger partial charge in [-0.1, -0.05) is 36.6 Å². The van der Waals surface area contributed by atoms with Gasteiger partial charge in [-0.25, -0.2) is 0 Å². The Bertz CT molecular complexity index is 697. The third kappa shape index (κ3) is 4.39. The molecule has 0 radical (unpaired) electrons. The van der Waals surface area contributed by atoms with E-state index in [0.717, 1.165) is 25.1 Å². The van der Waals surface area contributed by atoms with Crippen molar-refractivity contribution in [1.82, 2.24) is 9.13 Å². The molecule has 0 saturated carbocycles. The second-order valence-corrected chi connectivity index (χ2v) is 6.11. The van der Waals surface area contributed by atoms with E-state index in [1.165, 1.54) is 0 Å². The number of rotatable bonds is 7. The van der Waals surface area contributed by atoms with Gasteiger partial charge >= 0.3 is 0 Å². The van der Waals surface area contributed by atoms with Crippen molar-refractivity contribution in [3.63, 3.8) is 0 Å². The highest BCUT2D eigenvalue weighted by Crippen LogP contribution is 2.12. The Morgan fingerprint density at radius 2 is 1.87 bits per heavy atom. The number of nitrogens with zero attached hydrogens (tertiary/aromatic N) is 5. The van der Waals surface area contributed by atoms with Crippen molar-refractivity contribution in [2.24, 2.45) is 15.4 Å². The predicted molar refractivity (Wildman–Crippen MR) is 90.3 cm³/mol. The molecular formula is C17H25N5O. The lowest BCUT2D eigenvalue weighted by molar-refractivity contribution is 0.159. The van der Waals surface area contributed by atoms with Crippen LogP contribution in [0.5, 0.6) is 0 Å². The zero-order valence-electron chi connectivity index (χ0n) is 14.1. The van der Waals surface area contributed by atoms with Crippen LogP contribution in [0.25, 0.3) is 0 Å². The molecule has 0 spiro atoms. The smallest absolute Gasteiger partial charge is 0.232 e. The highest BCUT2D eigenvalue weighted by Gasteiger charge is 2.21. The molecule has 0 fully saturated rings. The van der Waals surface area contributed by atoms with E-state index < -0.39 is 5.54 Å². The van der Waals surface area contributed by atoms with Gasteiger partial charge in [-0.3, -0.25) is 0 Å². The third-order valence-electron chi connectivity index (χ3n) is 3.71. The minimum Gasteiger partial charge on any atom is -0.394 e. The summed E-state index contributed by atoms with van der Waals surface area (Å²) in [6, 6.07) is 9.51. The molecule has 6 nitrogen and oxygen atoms in total. The maximum atomic E-state index is 9.63. The van der Waals surface area contributed by atoms with Crippen LogP contribution in [0.15, 0.2) is 58.2 Å². The first-order chi connectivity index (χ1) is 11.1. The molecule has 0 amide bonds. The molecule has 0 aliphatic carbocycles. The molecule has 2 rings (SSSR count). The Morgan fingerprint density at radius 3 is 2.52 bits per heavy atom. The highest BCUT2D eigenvalue weighted by atomic mass is 16.3. The fourth-order valence-electron chi connectivity index (χ4n) is 2.18. The molecule has 2 aromatic rings. The molecule has 1 heterocycles. The fraction of sp³-hybridized carbons (Fsp3) is 0.471. The normalized spacial score (nSPS) is 13.1. The predicted octanol–water partition coefficient (Wildman–Crippen LogP) is 3.42. The van der Waals surface area contributed by atoms with E-state index in [0.29, 0.717) is 5.62 Å². The fourth-order valence-corrected chi connectivity index (χ4v) is 2.18. The van der Waals surface area contributed by atoms with Crippen molar-refractivity contribution in [2.75, 3.05) is 6.61 Å². The number of hydrogen-bond acceptors (Lipinski definition) is 3. The molecular weight excluding hydrogens is 290 g/mol. The van der Waals surface area contributed by atoms with Crippen LogP contribution < -0.4 is 5.62 Å². The lowest BCUT2D eigenvalue weighted by Gasteiger charge is -2.23. The van der Waals surface area contributed by atoms with E-state index in [-0.39, 0.29) is 6.61 Å². The molecule has 23 heavy (non-hydrogen) atoms. The van der Waals surface area contributed by atoms with Gasteiger partial charge in [0.25, 0.3) is 0 Å². The molecule has 1 aromatic carbocycles. The van der Waals surface area contributed by atoms with Crippen LogP contribution in [0.3, 0.4) is 0 Å². The summed E-state index contributed by atoms with van der Waals surface area (Å²) < 4.78 is 3.98. The van der Waals surface area contributed by atoms with E-state index in [9.17, 15) is 5.11 Å². The second kappa shape index (κ2) is 7.87. The average molecular weight is 315 g/mol. The first-order valence-electron chi connectivity index (χ1n) is 7.97. The summed E-state index contributed by atoms with van der Waals surface area (Å²) in [6.07, 6.45) is 6.08. The van der Waals surface area contributed by atoms with Crippen LogP contribution in [0, 0.1) is 0 Å². The van der Waals surface area contributed by atoms with Crippen molar-refractivity contribution >= 4 is 5.69 Å². The van der Waals surface area contributed by atoms with Crippen LogP contribution in [0.2, 0.25) is 0 Å². The van der Waals surface area contributed by atoms with Crippen LogP contribution in [-0.4, -0.2) is 20.8 Å². The van der Waals surface area contributed by atoms with Gasteiger partial charge in [-0.15, -0.1) is 5.11 Å². The SMILES string of the molecule is CCCCn1ccn(C(C)(C)CO)/c1=N\N=Nc1ccccc1. The number of unbranched alkanes of at least 4 members (excludes halogenated alkanes) is 1. The molecule has 0 aliphatic rings. The molecule has 124 valence electrons. The lowest BCUT2D eigenvalue weighted by Crippen LogP contribution is -2.40. The Labute approximate surface area is 136 Å². The quantitative estimate of drug-likeness (QED) is 0.617. The summed E-state index contributed by atoms with van der Waals surface area (Å²) in [7, 11) is 0. The number of aromatic nitrogens is 2. The van der Waals surface area contributed by atoms with Crippen molar-refractivity contribution in [1.29, 1.82) is 0 Å². The molecule has 1 aromatic heterocycles. The van der Waals surface area contributed by atoms with Crippen LogP contribution >= 0.6 is 0 Å². The minimum absolute atomic E-state index is 0.0216. The standard InChI is InChI=1S/C17H25N5O/c1-4-5-11-21-12-13-22(17(2,3)14-23)16(21)19-20-18-15-9-7-6-8-10-15/h6-10,12-13,23H,4-5,11,14H2,1-3H3/b19-16-,20-18?. The monoisotopic (exact) mass is 315 g/mol. The zero-order chi connectivity index (χ0) is 16.7. The number of hydrogen-bond donors (Lipinski definition) is 1. The van der Waals surface area contributed by atoms with E-state index in [1.54, 1.807) is 0 Å². The molecule has 1 N–H and O–H groups in total. The van der Waals surface area contributed by atoms with Crippen molar-refractivity contribution < 1.29 is 5.11 Å². The largest absolute Gasteiger partial charge is 0.394 e. The average Bonchev–Trinajstić information content (AvgIpc) is 2.97. The Hall–Kier alpha value is -2.21. The number of aliphatic hydroxyl groups is 1. The van der Waals surface area contributed by atoms with Gasteiger partial charge < -0.3 is 14.2 Å². The Balaban J connectivity index is 2.38. The maximum Gasteiger partial charge on any atom is 0.232 e. The summed E-state index contributed by atoms with van der Waals surface area (Å²) in [6.45, 7) is 6.97. The van der Waals surface area contributed by atoms with Gasteiger partial charge in [0, 0.05) is 18.9 Å². The summed E-state index contributed by atoms with van der Waals surface area (Å²) in [5.74, 6) is 0. The van der Waals surface area contributed by atoms with Gasteiger partial charge in [0.05, 0.1) is 17.8 Å². The van der Waals surface area contributed by atoms with Gasteiger partial charge in [-0.05, 0) is 37.6 Å². The summed E-state index contributed by atoms with van der Waals surface area (Å²) >= 11 is 0. The van der Waals surface area contributed by atoms with Gasteiger partial charge in [-0.2, -0.15) is 0 Å². The van der Waals surface area contributed by atoms with Gasteiger partial charge in [0.2, 0.25) is 5.62 Å². The Morgan fingerprint density at radius 1 is 1.13 bits per heavy atom. The van der Waals surface area contributed by atoms with E-state index in [4.69, 9.17) is 0 Å². The zero-order valence-corrected chi connectivity index (χ0v) is 14.1. The van der Waals surface area contributed by atoms with Crippen molar-refractivity contribution in [3.05, 3.63) is 48.3 Å². The Kier molecular flexibility index (Phi) is 5.87. The summed E-state index contributed by atoms with van der Waals surface area (Å²) in [5.41, 5.74) is 1.01. The number of benzene rings is 1. The number of aliphatic hydroxyl groups excluding tert-OH is 1. The van der Waals surface area contributed by atoms with Crippen molar-refractivity contribution in [3.8, 4) is 0 Å². The maximum absolute atomic E-state index is 9.63. The first kappa shape index (κ1) is 17.1. The number of imidazole rings is 1. The van der Waals surface area contributed by atoms with Crippen LogP contribution in [-0.2, 0) is 12.1 Å². The summed E-state index contributed by atoms with van der Waals surface area (Å²) in [5, 5.41) is 22.0. The third-order valence-corrected chi connectivity index (χ3v) is 3.71. The molecule has 6 heteroatoms. The van der Waals surface area contributed by atoms with Crippen molar-refractivity contribution in [2.45, 2.75) is 45.7 Å². The highest BCUT2D eigenvalue weighted by molar-refractivity contribution is 5.34. The minimum atomic E-state index is -0.446. The van der Waals surface area contributed by atoms with Crippen LogP contribution in [0.1, 0.15) is 33.6 Å². The first-order valence-corrected chi connectivity index (χ1v) is 7.97. The molecule has 0 aliphatic heterocycles.